The highest BCUT2D eigenvalue weighted by atomic mass is 32.2. The molecule has 0 bridgehead atoms. The van der Waals surface area contributed by atoms with Crippen molar-refractivity contribution in [2.45, 2.75) is 25.4 Å². The number of hydrogen-bond donors (Lipinski definition) is 0. The van der Waals surface area contributed by atoms with E-state index in [1.54, 1.807) is 20.7 Å². The highest BCUT2D eigenvalue weighted by molar-refractivity contribution is 7.86. The van der Waals surface area contributed by atoms with Gasteiger partial charge in [-0.1, -0.05) is 12.1 Å². The maximum atomic E-state index is 12.4. The third-order valence-electron chi connectivity index (χ3n) is 3.82. The van der Waals surface area contributed by atoms with Gasteiger partial charge >= 0.3 is 0 Å². The number of ether oxygens (including phenoxy) is 1. The molecule has 0 aromatic heterocycles. The van der Waals surface area contributed by atoms with Gasteiger partial charge in [0.25, 0.3) is 10.2 Å². The van der Waals surface area contributed by atoms with Crippen LogP contribution in [-0.4, -0.2) is 49.3 Å². The smallest absolute Gasteiger partial charge is 0.282 e. The molecule has 2 heterocycles. The average molecular weight is 295 g/mol. The van der Waals surface area contributed by atoms with Gasteiger partial charge in [-0.3, -0.25) is 0 Å². The van der Waals surface area contributed by atoms with Gasteiger partial charge in [-0.2, -0.15) is 17.0 Å². The summed E-state index contributed by atoms with van der Waals surface area (Å²) in [5, 5.41) is 0. The second kappa shape index (κ2) is 5.71. The Morgan fingerprint density at radius 2 is 1.80 bits per heavy atom. The van der Waals surface area contributed by atoms with Gasteiger partial charge in [0.2, 0.25) is 0 Å². The van der Waals surface area contributed by atoms with Crippen molar-refractivity contribution in [1.29, 1.82) is 0 Å². The predicted octanol–water partition coefficient (Wildman–Crippen LogP) is 1.28. The minimum atomic E-state index is -3.28. The maximum absolute atomic E-state index is 12.4. The van der Waals surface area contributed by atoms with Crippen LogP contribution in [0.2, 0.25) is 0 Å². The Labute approximate surface area is 120 Å². The van der Waals surface area contributed by atoms with Crippen LogP contribution in [0.3, 0.4) is 0 Å². The number of hydrogen-bond acceptors (Lipinski definition) is 3. The minimum absolute atomic E-state index is 0.0604. The molecule has 0 unspecified atom stereocenters. The Bertz CT molecular complexity index is 541. The van der Waals surface area contributed by atoms with E-state index in [0.29, 0.717) is 26.2 Å². The molecule has 20 heavy (non-hydrogen) atoms. The molecular formula is C14H19N2O3S. The SMILES string of the molecule is O=S(=O)(N1CCCC1)N1CC[C@H](Oc2cc[c]cc2)C1. The van der Waals surface area contributed by atoms with E-state index < -0.39 is 10.2 Å². The summed E-state index contributed by atoms with van der Waals surface area (Å²) in [5.41, 5.74) is 0. The molecule has 3 rings (SSSR count). The Kier molecular flexibility index (Phi) is 3.96. The van der Waals surface area contributed by atoms with Gasteiger partial charge < -0.3 is 4.74 Å². The standard InChI is InChI=1S/C14H19N2O3S/c17-20(18,15-9-4-5-10-15)16-11-8-14(12-16)19-13-6-2-1-3-7-13/h2-3,6-7,14H,4-5,8-12H2/t14-/m0/s1. The van der Waals surface area contributed by atoms with Gasteiger partial charge in [0.15, 0.2) is 0 Å². The third-order valence-corrected chi connectivity index (χ3v) is 5.82. The summed E-state index contributed by atoms with van der Waals surface area (Å²) in [6.45, 7) is 2.29. The van der Waals surface area contributed by atoms with Crippen molar-refractivity contribution in [2.24, 2.45) is 0 Å². The minimum Gasteiger partial charge on any atom is -0.489 e. The Hall–Kier alpha value is -1.11. The molecule has 0 amide bonds. The second-order valence-electron chi connectivity index (χ2n) is 5.24. The molecule has 6 heteroatoms. The lowest BCUT2D eigenvalue weighted by molar-refractivity contribution is 0.214. The summed E-state index contributed by atoms with van der Waals surface area (Å²) >= 11 is 0. The first-order valence-corrected chi connectivity index (χ1v) is 8.44. The Morgan fingerprint density at radius 1 is 1.10 bits per heavy atom. The molecule has 2 saturated heterocycles. The van der Waals surface area contributed by atoms with E-state index in [2.05, 4.69) is 6.07 Å². The van der Waals surface area contributed by atoms with E-state index >= 15 is 0 Å². The number of rotatable bonds is 4. The first-order chi connectivity index (χ1) is 9.66. The fourth-order valence-corrected chi connectivity index (χ4v) is 4.47. The normalized spacial score (nSPS) is 25.1. The van der Waals surface area contributed by atoms with E-state index in [1.807, 2.05) is 12.1 Å². The van der Waals surface area contributed by atoms with Crippen LogP contribution >= 0.6 is 0 Å². The number of benzene rings is 1. The molecule has 1 atom stereocenters. The third kappa shape index (κ3) is 2.82. The van der Waals surface area contributed by atoms with Gasteiger partial charge in [0.1, 0.15) is 11.9 Å². The van der Waals surface area contributed by atoms with Crippen LogP contribution in [0.5, 0.6) is 5.75 Å². The summed E-state index contributed by atoms with van der Waals surface area (Å²) in [6.07, 6.45) is 2.61. The van der Waals surface area contributed by atoms with Crippen LogP contribution in [0.25, 0.3) is 0 Å². The summed E-state index contributed by atoms with van der Waals surface area (Å²) in [6, 6.07) is 10.2. The van der Waals surface area contributed by atoms with Gasteiger partial charge in [-0.25, -0.2) is 0 Å². The highest BCUT2D eigenvalue weighted by Gasteiger charge is 2.37. The molecule has 2 aliphatic heterocycles. The molecule has 2 aliphatic rings. The van der Waals surface area contributed by atoms with Crippen LogP contribution in [0.1, 0.15) is 19.3 Å². The van der Waals surface area contributed by atoms with Crippen molar-refractivity contribution in [3.63, 3.8) is 0 Å². The van der Waals surface area contributed by atoms with E-state index in [9.17, 15) is 8.42 Å². The van der Waals surface area contributed by atoms with Crippen molar-refractivity contribution < 1.29 is 13.2 Å². The first kappa shape index (κ1) is 13.9. The fraction of sp³-hybridized carbons (Fsp3) is 0.571. The molecule has 5 nitrogen and oxygen atoms in total. The lowest BCUT2D eigenvalue weighted by atomic mass is 10.3. The lowest BCUT2D eigenvalue weighted by Crippen LogP contribution is -2.41. The van der Waals surface area contributed by atoms with Gasteiger partial charge in [-0.05, 0) is 37.5 Å². The quantitative estimate of drug-likeness (QED) is 0.841. The monoisotopic (exact) mass is 295 g/mol. The summed E-state index contributed by atoms with van der Waals surface area (Å²) < 4.78 is 33.8. The molecule has 109 valence electrons. The Morgan fingerprint density at radius 3 is 2.50 bits per heavy atom. The van der Waals surface area contributed by atoms with Gasteiger partial charge in [0, 0.05) is 19.6 Å². The van der Waals surface area contributed by atoms with Crippen LogP contribution in [-0.2, 0) is 10.2 Å². The molecule has 0 N–H and O–H groups in total. The van der Waals surface area contributed by atoms with E-state index in [4.69, 9.17) is 4.74 Å². The topological polar surface area (TPSA) is 49.9 Å². The molecule has 1 aromatic rings. The summed E-state index contributed by atoms with van der Waals surface area (Å²) in [7, 11) is -3.28. The largest absolute Gasteiger partial charge is 0.489 e. The predicted molar refractivity (Wildman–Crippen MR) is 75.6 cm³/mol. The van der Waals surface area contributed by atoms with Crippen LogP contribution in [0, 0.1) is 6.07 Å². The molecule has 0 aliphatic carbocycles. The second-order valence-corrected chi connectivity index (χ2v) is 7.16. The zero-order chi connectivity index (χ0) is 14.0. The maximum Gasteiger partial charge on any atom is 0.282 e. The molecule has 0 saturated carbocycles. The highest BCUT2D eigenvalue weighted by Crippen LogP contribution is 2.23. The van der Waals surface area contributed by atoms with Crippen molar-refractivity contribution in [3.05, 3.63) is 30.3 Å². The van der Waals surface area contributed by atoms with Crippen LogP contribution in [0.15, 0.2) is 24.3 Å². The van der Waals surface area contributed by atoms with Crippen molar-refractivity contribution in [1.82, 2.24) is 8.61 Å². The molecule has 2 fully saturated rings. The van der Waals surface area contributed by atoms with Gasteiger partial charge in [-0.15, -0.1) is 0 Å². The van der Waals surface area contributed by atoms with Gasteiger partial charge in [0.05, 0.1) is 6.54 Å². The van der Waals surface area contributed by atoms with Crippen molar-refractivity contribution in [2.75, 3.05) is 26.2 Å². The summed E-state index contributed by atoms with van der Waals surface area (Å²) in [5.74, 6) is 0.772. The molecule has 1 aromatic carbocycles. The van der Waals surface area contributed by atoms with E-state index in [0.717, 1.165) is 25.0 Å². The van der Waals surface area contributed by atoms with Crippen LogP contribution in [0.4, 0.5) is 0 Å². The van der Waals surface area contributed by atoms with E-state index in [1.165, 1.54) is 0 Å². The fourth-order valence-electron chi connectivity index (χ4n) is 2.73. The zero-order valence-corrected chi connectivity index (χ0v) is 12.2. The molecular weight excluding hydrogens is 276 g/mol. The molecule has 1 radical (unpaired) electrons. The molecule has 0 spiro atoms. The summed E-state index contributed by atoms with van der Waals surface area (Å²) in [4.78, 5) is 0. The Balaban J connectivity index is 1.62. The van der Waals surface area contributed by atoms with Crippen molar-refractivity contribution >= 4 is 10.2 Å². The van der Waals surface area contributed by atoms with Crippen LogP contribution < -0.4 is 4.74 Å². The zero-order valence-electron chi connectivity index (χ0n) is 11.4. The number of nitrogens with zero attached hydrogens (tertiary/aromatic N) is 2. The first-order valence-electron chi connectivity index (χ1n) is 7.04. The average Bonchev–Trinajstić information content (AvgIpc) is 3.11. The lowest BCUT2D eigenvalue weighted by Gasteiger charge is -2.23. The van der Waals surface area contributed by atoms with Crippen molar-refractivity contribution in [3.8, 4) is 5.75 Å². The van der Waals surface area contributed by atoms with E-state index in [-0.39, 0.29) is 6.10 Å².